The van der Waals surface area contributed by atoms with Crippen molar-refractivity contribution in [2.45, 2.75) is 19.8 Å². The Hall–Kier alpha value is -1.49. The molecule has 0 radical (unpaired) electrons. The fraction of sp³-hybridized carbons (Fsp3) is 0.429. The van der Waals surface area contributed by atoms with Gasteiger partial charge in [0, 0.05) is 12.2 Å². The molecule has 4 nitrogen and oxygen atoms in total. The van der Waals surface area contributed by atoms with E-state index in [4.69, 9.17) is 4.74 Å². The van der Waals surface area contributed by atoms with Crippen molar-refractivity contribution in [1.82, 2.24) is 5.32 Å². The smallest absolute Gasteiger partial charge is 0.226 e. The second-order valence-corrected chi connectivity index (χ2v) is 5.43. The van der Waals surface area contributed by atoms with Crippen LogP contribution in [-0.2, 0) is 4.79 Å². The Kier molecular flexibility index (Phi) is 5.27. The summed E-state index contributed by atoms with van der Waals surface area (Å²) in [5.41, 5.74) is 1.21. The summed E-state index contributed by atoms with van der Waals surface area (Å²) >= 11 is 1.59. The molecule has 0 aromatic heterocycles. The number of hydrogen-bond donors (Lipinski definition) is 1. The SMILES string of the molecule is Cc1ccc(OCCCC(=O)NC2=NCCS2)cc1. The molecule has 0 atom stereocenters. The van der Waals surface area contributed by atoms with Crippen molar-refractivity contribution in [3.63, 3.8) is 0 Å². The summed E-state index contributed by atoms with van der Waals surface area (Å²) in [6.07, 6.45) is 1.17. The fourth-order valence-electron chi connectivity index (χ4n) is 1.65. The first kappa shape index (κ1) is 13.9. The Morgan fingerprint density at radius 3 is 2.89 bits per heavy atom. The number of aryl methyl sites for hydroxylation is 1. The number of amides is 1. The highest BCUT2D eigenvalue weighted by molar-refractivity contribution is 8.14. The molecule has 2 rings (SSSR count). The van der Waals surface area contributed by atoms with E-state index in [0.29, 0.717) is 19.4 Å². The molecule has 1 aliphatic rings. The molecule has 0 unspecified atom stereocenters. The van der Waals surface area contributed by atoms with Gasteiger partial charge >= 0.3 is 0 Å². The summed E-state index contributed by atoms with van der Waals surface area (Å²) < 4.78 is 5.57. The minimum atomic E-state index is 0.0145. The first-order chi connectivity index (χ1) is 9.24. The molecule has 0 spiro atoms. The Morgan fingerprint density at radius 1 is 1.42 bits per heavy atom. The van der Waals surface area contributed by atoms with Crippen LogP contribution in [0.1, 0.15) is 18.4 Å². The predicted octanol–water partition coefficient (Wildman–Crippen LogP) is 2.37. The Bertz CT molecular complexity index is 457. The lowest BCUT2D eigenvalue weighted by Crippen LogP contribution is -2.27. The van der Waals surface area contributed by atoms with Gasteiger partial charge in [0.1, 0.15) is 5.75 Å². The third-order valence-corrected chi connectivity index (χ3v) is 3.56. The van der Waals surface area contributed by atoms with Crippen LogP contribution in [0.5, 0.6) is 5.75 Å². The van der Waals surface area contributed by atoms with E-state index in [1.165, 1.54) is 5.56 Å². The number of ether oxygens (including phenoxy) is 1. The van der Waals surface area contributed by atoms with Crippen molar-refractivity contribution in [1.29, 1.82) is 0 Å². The summed E-state index contributed by atoms with van der Waals surface area (Å²) in [5.74, 6) is 1.83. The normalized spacial score (nSPS) is 14.1. The zero-order chi connectivity index (χ0) is 13.5. The Labute approximate surface area is 117 Å². The monoisotopic (exact) mass is 278 g/mol. The first-order valence-corrected chi connectivity index (χ1v) is 7.39. The van der Waals surface area contributed by atoms with Crippen molar-refractivity contribution < 1.29 is 9.53 Å². The van der Waals surface area contributed by atoms with Crippen LogP contribution in [0.4, 0.5) is 0 Å². The lowest BCUT2D eigenvalue weighted by molar-refractivity contribution is -0.119. The maximum atomic E-state index is 11.6. The van der Waals surface area contributed by atoms with Gasteiger partial charge in [-0.05, 0) is 25.5 Å². The molecule has 5 heteroatoms. The van der Waals surface area contributed by atoms with E-state index in [0.717, 1.165) is 23.2 Å². The standard InChI is InChI=1S/C14H18N2O2S/c1-11-4-6-12(7-5-11)18-9-2-3-13(17)16-14-15-8-10-19-14/h4-7H,2-3,8-10H2,1H3,(H,15,16,17). The van der Waals surface area contributed by atoms with E-state index >= 15 is 0 Å². The average molecular weight is 278 g/mol. The number of carbonyl (C=O) groups is 1. The van der Waals surface area contributed by atoms with Gasteiger partial charge in [0.25, 0.3) is 0 Å². The molecule has 1 heterocycles. The number of hydrogen-bond acceptors (Lipinski definition) is 4. The van der Waals surface area contributed by atoms with E-state index in [1.807, 2.05) is 31.2 Å². The summed E-state index contributed by atoms with van der Waals surface area (Å²) in [5, 5.41) is 3.56. The maximum absolute atomic E-state index is 11.6. The summed E-state index contributed by atoms with van der Waals surface area (Å²) in [6, 6.07) is 7.91. The number of benzene rings is 1. The molecule has 0 aliphatic carbocycles. The van der Waals surface area contributed by atoms with E-state index in [-0.39, 0.29) is 5.91 Å². The van der Waals surface area contributed by atoms with Gasteiger partial charge in [0.15, 0.2) is 5.17 Å². The highest BCUT2D eigenvalue weighted by Gasteiger charge is 2.10. The van der Waals surface area contributed by atoms with Crippen LogP contribution in [0.2, 0.25) is 0 Å². The zero-order valence-corrected chi connectivity index (χ0v) is 11.8. The van der Waals surface area contributed by atoms with Gasteiger partial charge in [-0.3, -0.25) is 9.79 Å². The van der Waals surface area contributed by atoms with Crippen molar-refractivity contribution in [3.05, 3.63) is 29.8 Å². The second-order valence-electron chi connectivity index (χ2n) is 4.35. The fourth-order valence-corrected chi connectivity index (χ4v) is 2.39. The van der Waals surface area contributed by atoms with Crippen molar-refractivity contribution in [3.8, 4) is 5.75 Å². The maximum Gasteiger partial charge on any atom is 0.226 e. The van der Waals surface area contributed by atoms with Gasteiger partial charge in [-0.2, -0.15) is 0 Å². The molecule has 1 aliphatic heterocycles. The molecule has 1 aromatic rings. The molecule has 0 saturated carbocycles. The number of amidine groups is 1. The Morgan fingerprint density at radius 2 is 2.21 bits per heavy atom. The van der Waals surface area contributed by atoms with Crippen LogP contribution < -0.4 is 10.1 Å². The second kappa shape index (κ2) is 7.19. The summed E-state index contributed by atoms with van der Waals surface area (Å²) in [6.45, 7) is 3.39. The third-order valence-electron chi connectivity index (χ3n) is 2.67. The topological polar surface area (TPSA) is 50.7 Å². The molecule has 0 bridgehead atoms. The zero-order valence-electron chi connectivity index (χ0n) is 11.0. The van der Waals surface area contributed by atoms with Crippen LogP contribution in [0.3, 0.4) is 0 Å². The number of nitrogens with one attached hydrogen (secondary N) is 1. The van der Waals surface area contributed by atoms with Gasteiger partial charge in [-0.25, -0.2) is 0 Å². The summed E-state index contributed by atoms with van der Waals surface area (Å²) in [4.78, 5) is 15.8. The number of aliphatic imine (C=N–C) groups is 1. The number of nitrogens with zero attached hydrogens (tertiary/aromatic N) is 1. The molecular formula is C14H18N2O2S. The average Bonchev–Trinajstić information content (AvgIpc) is 2.89. The van der Waals surface area contributed by atoms with Crippen LogP contribution in [0, 0.1) is 6.92 Å². The van der Waals surface area contributed by atoms with Crippen LogP contribution in [0.15, 0.2) is 29.3 Å². The molecule has 1 N–H and O–H groups in total. The predicted molar refractivity (Wildman–Crippen MR) is 78.8 cm³/mol. The van der Waals surface area contributed by atoms with Gasteiger partial charge < -0.3 is 10.1 Å². The molecule has 102 valence electrons. The van der Waals surface area contributed by atoms with Crippen LogP contribution in [0.25, 0.3) is 0 Å². The number of rotatable bonds is 5. The van der Waals surface area contributed by atoms with Gasteiger partial charge in [0.2, 0.25) is 5.91 Å². The molecule has 19 heavy (non-hydrogen) atoms. The minimum Gasteiger partial charge on any atom is -0.494 e. The highest BCUT2D eigenvalue weighted by atomic mass is 32.2. The molecule has 0 saturated heterocycles. The number of carbonyl (C=O) groups excluding carboxylic acids is 1. The minimum absolute atomic E-state index is 0.0145. The molecule has 1 amide bonds. The van der Waals surface area contributed by atoms with Crippen molar-refractivity contribution in [2.24, 2.45) is 4.99 Å². The van der Waals surface area contributed by atoms with E-state index in [9.17, 15) is 4.79 Å². The lowest BCUT2D eigenvalue weighted by Gasteiger charge is -2.06. The molecular weight excluding hydrogens is 260 g/mol. The van der Waals surface area contributed by atoms with Crippen LogP contribution in [-0.4, -0.2) is 30.0 Å². The lowest BCUT2D eigenvalue weighted by atomic mass is 10.2. The van der Waals surface area contributed by atoms with E-state index in [1.54, 1.807) is 11.8 Å². The number of thioether (sulfide) groups is 1. The van der Waals surface area contributed by atoms with Gasteiger partial charge in [-0.15, -0.1) is 0 Å². The quantitative estimate of drug-likeness (QED) is 0.841. The molecule has 0 fully saturated rings. The molecule has 1 aromatic carbocycles. The largest absolute Gasteiger partial charge is 0.494 e. The van der Waals surface area contributed by atoms with Crippen molar-refractivity contribution in [2.75, 3.05) is 18.9 Å². The first-order valence-electron chi connectivity index (χ1n) is 6.40. The van der Waals surface area contributed by atoms with Gasteiger partial charge in [-0.1, -0.05) is 29.5 Å². The Balaban J connectivity index is 1.61. The third kappa shape index (κ3) is 4.95. The summed E-state index contributed by atoms with van der Waals surface area (Å²) in [7, 11) is 0. The van der Waals surface area contributed by atoms with Crippen LogP contribution >= 0.6 is 11.8 Å². The van der Waals surface area contributed by atoms with E-state index in [2.05, 4.69) is 10.3 Å². The highest BCUT2D eigenvalue weighted by Crippen LogP contribution is 2.12. The van der Waals surface area contributed by atoms with Gasteiger partial charge in [0.05, 0.1) is 13.2 Å². The van der Waals surface area contributed by atoms with Crippen molar-refractivity contribution >= 4 is 22.8 Å². The van der Waals surface area contributed by atoms with E-state index < -0.39 is 0 Å².